The second-order valence-electron chi connectivity index (χ2n) is 5.99. The van der Waals surface area contributed by atoms with Crippen LogP contribution in [0.3, 0.4) is 0 Å². The zero-order valence-corrected chi connectivity index (χ0v) is 12.0. The highest BCUT2D eigenvalue weighted by molar-refractivity contribution is 5.17. The maximum Gasteiger partial charge on any atom is 0.138 e. The molecular weight excluding hydrogens is 270 g/mol. The first-order valence-electron chi connectivity index (χ1n) is 7.57. The summed E-state index contributed by atoms with van der Waals surface area (Å²) in [5.41, 5.74) is 6.22. The molecular formula is C15H23N3O3. The molecule has 6 heteroatoms. The molecule has 6 nitrogen and oxygen atoms in total. The van der Waals surface area contributed by atoms with Gasteiger partial charge in [0.1, 0.15) is 18.0 Å². The normalized spacial score (nSPS) is 35.0. The molecule has 1 aliphatic carbocycles. The molecule has 116 valence electrons. The molecule has 4 N–H and O–H groups in total. The van der Waals surface area contributed by atoms with Gasteiger partial charge < -0.3 is 20.7 Å². The fourth-order valence-corrected chi connectivity index (χ4v) is 3.40. The van der Waals surface area contributed by atoms with Gasteiger partial charge in [-0.25, -0.2) is 0 Å². The van der Waals surface area contributed by atoms with Crippen LogP contribution in [0.15, 0.2) is 24.5 Å². The van der Waals surface area contributed by atoms with Crippen molar-refractivity contribution in [2.45, 2.75) is 49.7 Å². The molecule has 21 heavy (non-hydrogen) atoms. The molecule has 1 saturated heterocycles. The second kappa shape index (κ2) is 6.27. The summed E-state index contributed by atoms with van der Waals surface area (Å²) < 4.78 is 5.83. The van der Waals surface area contributed by atoms with E-state index in [0.717, 1.165) is 25.9 Å². The third-order valence-corrected chi connectivity index (χ3v) is 4.52. The molecule has 0 radical (unpaired) electrons. The summed E-state index contributed by atoms with van der Waals surface area (Å²) in [6.45, 7) is 1.55. The number of aromatic nitrogens is 1. The number of ether oxygens (including phenoxy) is 1. The van der Waals surface area contributed by atoms with Gasteiger partial charge in [0.2, 0.25) is 0 Å². The van der Waals surface area contributed by atoms with Gasteiger partial charge in [0, 0.05) is 31.7 Å². The lowest BCUT2D eigenvalue weighted by molar-refractivity contribution is -0.0130. The number of likely N-dealkylation sites (tertiary alicyclic amines) is 1. The molecule has 1 aromatic heterocycles. The molecule has 2 heterocycles. The number of hydrogen-bond acceptors (Lipinski definition) is 6. The van der Waals surface area contributed by atoms with E-state index in [4.69, 9.17) is 10.5 Å². The Balaban J connectivity index is 1.64. The van der Waals surface area contributed by atoms with E-state index in [2.05, 4.69) is 9.88 Å². The summed E-state index contributed by atoms with van der Waals surface area (Å²) in [5, 5.41) is 20.2. The van der Waals surface area contributed by atoms with Gasteiger partial charge >= 0.3 is 0 Å². The molecule has 3 rings (SSSR count). The van der Waals surface area contributed by atoms with Crippen molar-refractivity contribution >= 4 is 0 Å². The third-order valence-electron chi connectivity index (χ3n) is 4.52. The Labute approximate surface area is 124 Å². The minimum absolute atomic E-state index is 0.0980. The van der Waals surface area contributed by atoms with E-state index in [9.17, 15) is 10.2 Å². The average molecular weight is 293 g/mol. The van der Waals surface area contributed by atoms with E-state index in [1.165, 1.54) is 0 Å². The molecule has 1 saturated carbocycles. The molecule has 0 spiro atoms. The lowest BCUT2D eigenvalue weighted by Crippen LogP contribution is -2.53. The van der Waals surface area contributed by atoms with Crippen molar-refractivity contribution in [2.75, 3.05) is 13.1 Å². The molecule has 4 atom stereocenters. The van der Waals surface area contributed by atoms with E-state index in [-0.39, 0.29) is 24.3 Å². The lowest BCUT2D eigenvalue weighted by atomic mass is 10.0. The smallest absolute Gasteiger partial charge is 0.138 e. The van der Waals surface area contributed by atoms with Crippen molar-refractivity contribution in [1.82, 2.24) is 9.88 Å². The largest absolute Gasteiger partial charge is 0.486 e. The standard InChI is InChI=1S/C15H23N3O3/c16-12-8-13(21-11-2-1-5-17-9-11)15(20)14(12)18-6-3-10(19)4-7-18/h1-2,5,9-10,12-15,19-20H,3-4,6-8,16H2/t12-,13-,14+,15+/m1/s1. The van der Waals surface area contributed by atoms with E-state index in [1.807, 2.05) is 6.07 Å². The number of nitrogens with two attached hydrogens (primary N) is 1. The fourth-order valence-electron chi connectivity index (χ4n) is 3.40. The van der Waals surface area contributed by atoms with Crippen molar-refractivity contribution < 1.29 is 14.9 Å². The zero-order valence-electron chi connectivity index (χ0n) is 12.0. The Bertz CT molecular complexity index is 451. The highest BCUT2D eigenvalue weighted by atomic mass is 16.5. The van der Waals surface area contributed by atoms with Crippen LogP contribution in [0, 0.1) is 0 Å². The van der Waals surface area contributed by atoms with E-state index >= 15 is 0 Å². The van der Waals surface area contributed by atoms with E-state index < -0.39 is 6.10 Å². The number of piperidine rings is 1. The predicted octanol–water partition coefficient (Wildman–Crippen LogP) is -0.254. The molecule has 1 aromatic rings. The first-order chi connectivity index (χ1) is 10.1. The van der Waals surface area contributed by atoms with E-state index in [1.54, 1.807) is 18.5 Å². The van der Waals surface area contributed by atoms with Crippen LogP contribution in [-0.4, -0.2) is 63.6 Å². The minimum Gasteiger partial charge on any atom is -0.486 e. The molecule has 1 aliphatic heterocycles. The van der Waals surface area contributed by atoms with Gasteiger partial charge in [-0.15, -0.1) is 0 Å². The Hall–Kier alpha value is -1.21. The summed E-state index contributed by atoms with van der Waals surface area (Å²) >= 11 is 0. The number of aliphatic hydroxyl groups is 2. The Morgan fingerprint density at radius 3 is 2.71 bits per heavy atom. The Kier molecular flexibility index (Phi) is 4.40. The van der Waals surface area contributed by atoms with Gasteiger partial charge in [-0.3, -0.25) is 9.88 Å². The molecule has 0 aromatic carbocycles. The van der Waals surface area contributed by atoms with Gasteiger partial charge in [-0.1, -0.05) is 0 Å². The number of pyridine rings is 1. The first kappa shape index (κ1) is 14.7. The van der Waals surface area contributed by atoms with Crippen LogP contribution in [-0.2, 0) is 0 Å². The summed E-state index contributed by atoms with van der Waals surface area (Å²) in [7, 11) is 0. The van der Waals surface area contributed by atoms with Gasteiger partial charge in [0.15, 0.2) is 0 Å². The van der Waals surface area contributed by atoms with Crippen molar-refractivity contribution in [2.24, 2.45) is 5.73 Å². The van der Waals surface area contributed by atoms with Crippen molar-refractivity contribution in [3.63, 3.8) is 0 Å². The number of rotatable bonds is 3. The van der Waals surface area contributed by atoms with Gasteiger partial charge in [-0.05, 0) is 25.0 Å². The molecule has 2 fully saturated rings. The number of nitrogens with zero attached hydrogens (tertiary/aromatic N) is 2. The molecule has 0 amide bonds. The number of aliphatic hydroxyl groups excluding tert-OH is 2. The SMILES string of the molecule is N[C@@H]1C[C@@H](Oc2cccnc2)[C@H](O)[C@H]1N1CCC(O)CC1. The fraction of sp³-hybridized carbons (Fsp3) is 0.667. The van der Waals surface area contributed by atoms with Crippen LogP contribution in [0.25, 0.3) is 0 Å². The maximum absolute atomic E-state index is 10.6. The minimum atomic E-state index is -0.615. The average Bonchev–Trinajstić information content (AvgIpc) is 2.76. The predicted molar refractivity (Wildman–Crippen MR) is 77.9 cm³/mol. The second-order valence-corrected chi connectivity index (χ2v) is 5.99. The quantitative estimate of drug-likeness (QED) is 0.711. The third kappa shape index (κ3) is 3.18. The van der Waals surface area contributed by atoms with Crippen molar-refractivity contribution in [3.05, 3.63) is 24.5 Å². The maximum atomic E-state index is 10.6. The topological polar surface area (TPSA) is 91.8 Å². The highest BCUT2D eigenvalue weighted by Gasteiger charge is 2.45. The van der Waals surface area contributed by atoms with Crippen LogP contribution in [0.1, 0.15) is 19.3 Å². The van der Waals surface area contributed by atoms with Gasteiger partial charge in [0.25, 0.3) is 0 Å². The number of hydrogen-bond donors (Lipinski definition) is 3. The van der Waals surface area contributed by atoms with Crippen molar-refractivity contribution in [3.8, 4) is 5.75 Å². The van der Waals surface area contributed by atoms with Crippen molar-refractivity contribution in [1.29, 1.82) is 0 Å². The Morgan fingerprint density at radius 1 is 1.29 bits per heavy atom. The molecule has 0 bridgehead atoms. The van der Waals surface area contributed by atoms with Gasteiger partial charge in [0.05, 0.1) is 18.3 Å². The Morgan fingerprint density at radius 2 is 2.05 bits per heavy atom. The first-order valence-corrected chi connectivity index (χ1v) is 7.57. The highest BCUT2D eigenvalue weighted by Crippen LogP contribution is 2.29. The van der Waals surface area contributed by atoms with Gasteiger partial charge in [-0.2, -0.15) is 0 Å². The summed E-state index contributed by atoms with van der Waals surface area (Å²) in [6, 6.07) is 3.42. The summed E-state index contributed by atoms with van der Waals surface area (Å²) in [6.07, 6.45) is 4.29. The molecule has 0 unspecified atom stereocenters. The zero-order chi connectivity index (χ0) is 14.8. The van der Waals surface area contributed by atoms with Crippen LogP contribution in [0.5, 0.6) is 5.75 Å². The van der Waals surface area contributed by atoms with Crippen LogP contribution < -0.4 is 10.5 Å². The summed E-state index contributed by atoms with van der Waals surface area (Å²) in [4.78, 5) is 6.20. The lowest BCUT2D eigenvalue weighted by Gasteiger charge is -2.37. The summed E-state index contributed by atoms with van der Waals surface area (Å²) in [5.74, 6) is 0.656. The van der Waals surface area contributed by atoms with E-state index in [0.29, 0.717) is 12.2 Å². The monoisotopic (exact) mass is 293 g/mol. The van der Waals surface area contributed by atoms with Crippen LogP contribution in [0.2, 0.25) is 0 Å². The van der Waals surface area contributed by atoms with Crippen LogP contribution >= 0.6 is 0 Å². The molecule has 2 aliphatic rings. The van der Waals surface area contributed by atoms with Crippen LogP contribution in [0.4, 0.5) is 0 Å².